The molecule has 2 fully saturated rings. The summed E-state index contributed by atoms with van der Waals surface area (Å²) in [5.41, 5.74) is 1.80. The third-order valence-corrected chi connectivity index (χ3v) is 6.19. The SMILES string of the molecule is COc1ccc(OC)c2c1CN(C(=O)C1CC13CCNCC3)CC2O.Cl. The van der Waals surface area contributed by atoms with Crippen molar-refractivity contribution >= 4 is 18.3 Å². The topological polar surface area (TPSA) is 71.0 Å². The molecule has 2 heterocycles. The molecular weight excluding hydrogens is 356 g/mol. The lowest BCUT2D eigenvalue weighted by atomic mass is 9.90. The van der Waals surface area contributed by atoms with Crippen molar-refractivity contribution in [3.8, 4) is 11.5 Å². The molecular formula is C19H27ClN2O4. The quantitative estimate of drug-likeness (QED) is 0.835. The molecule has 2 N–H and O–H groups in total. The van der Waals surface area contributed by atoms with Gasteiger partial charge in [-0.2, -0.15) is 0 Å². The smallest absolute Gasteiger partial charge is 0.226 e. The summed E-state index contributed by atoms with van der Waals surface area (Å²) in [6.45, 7) is 2.79. The highest BCUT2D eigenvalue weighted by atomic mass is 35.5. The Hall–Kier alpha value is -1.50. The number of piperidine rings is 1. The van der Waals surface area contributed by atoms with Crippen LogP contribution in [0, 0.1) is 11.3 Å². The van der Waals surface area contributed by atoms with Gasteiger partial charge in [0.2, 0.25) is 5.91 Å². The van der Waals surface area contributed by atoms with Gasteiger partial charge in [-0.25, -0.2) is 0 Å². The zero-order chi connectivity index (χ0) is 17.6. The lowest BCUT2D eigenvalue weighted by Gasteiger charge is -2.35. The predicted molar refractivity (Wildman–Crippen MR) is 99.8 cm³/mol. The van der Waals surface area contributed by atoms with E-state index in [1.54, 1.807) is 19.1 Å². The summed E-state index contributed by atoms with van der Waals surface area (Å²) >= 11 is 0. The first kappa shape index (κ1) is 19.3. The maximum atomic E-state index is 13.1. The van der Waals surface area contributed by atoms with Crippen LogP contribution in [0.5, 0.6) is 11.5 Å². The van der Waals surface area contributed by atoms with E-state index in [9.17, 15) is 9.90 Å². The second-order valence-corrected chi connectivity index (χ2v) is 7.47. The van der Waals surface area contributed by atoms with Gasteiger partial charge in [-0.3, -0.25) is 4.79 Å². The summed E-state index contributed by atoms with van der Waals surface area (Å²) < 4.78 is 10.9. The molecule has 0 aromatic heterocycles. The predicted octanol–water partition coefficient (Wildman–Crippen LogP) is 1.89. The highest BCUT2D eigenvalue weighted by Crippen LogP contribution is 2.59. The maximum absolute atomic E-state index is 13.1. The van der Waals surface area contributed by atoms with E-state index in [2.05, 4.69) is 5.32 Å². The van der Waals surface area contributed by atoms with Crippen LogP contribution in [0.4, 0.5) is 0 Å². The van der Waals surface area contributed by atoms with Crippen LogP contribution in [-0.2, 0) is 11.3 Å². The normalized spacial score (nSPS) is 25.9. The Kier molecular flexibility index (Phi) is 5.37. The number of ether oxygens (including phenoxy) is 2. The molecule has 0 bridgehead atoms. The van der Waals surface area contributed by atoms with Gasteiger partial charge in [0, 0.05) is 23.6 Å². The van der Waals surface area contributed by atoms with Crippen molar-refractivity contribution in [3.05, 3.63) is 23.3 Å². The van der Waals surface area contributed by atoms with Crippen molar-refractivity contribution < 1.29 is 19.4 Å². The number of hydrogen-bond donors (Lipinski definition) is 2. The molecule has 144 valence electrons. The first-order valence-corrected chi connectivity index (χ1v) is 9.01. The number of carbonyl (C=O) groups is 1. The van der Waals surface area contributed by atoms with E-state index >= 15 is 0 Å². The molecule has 1 aromatic carbocycles. The van der Waals surface area contributed by atoms with Crippen LogP contribution in [0.25, 0.3) is 0 Å². The van der Waals surface area contributed by atoms with E-state index in [1.165, 1.54) is 0 Å². The number of benzene rings is 1. The Balaban J connectivity index is 0.00000196. The zero-order valence-electron chi connectivity index (χ0n) is 15.3. The standard InChI is InChI=1S/C19H26N2O4.ClH/c1-24-15-3-4-16(25-2)17-12(15)10-21(11-14(17)22)18(23)13-9-19(13)5-7-20-8-6-19;/h3-4,13-14,20,22H,5-11H2,1-2H3;1H. The number of carbonyl (C=O) groups excluding carboxylic acids is 1. The number of halogens is 1. The van der Waals surface area contributed by atoms with Gasteiger partial charge in [0.15, 0.2) is 0 Å². The molecule has 6 nitrogen and oxygen atoms in total. The van der Waals surface area contributed by atoms with Gasteiger partial charge < -0.3 is 24.8 Å². The van der Waals surface area contributed by atoms with Gasteiger partial charge in [0.25, 0.3) is 0 Å². The molecule has 3 aliphatic rings. The van der Waals surface area contributed by atoms with Gasteiger partial charge in [-0.15, -0.1) is 12.4 Å². The summed E-state index contributed by atoms with van der Waals surface area (Å²) in [4.78, 5) is 14.9. The molecule has 2 aliphatic heterocycles. The first-order valence-electron chi connectivity index (χ1n) is 9.01. The number of amides is 1. The fraction of sp³-hybridized carbons (Fsp3) is 0.632. The monoisotopic (exact) mass is 382 g/mol. The average Bonchev–Trinajstić information content (AvgIpc) is 3.33. The van der Waals surface area contributed by atoms with Crippen LogP contribution in [0.1, 0.15) is 36.5 Å². The fourth-order valence-corrected chi connectivity index (χ4v) is 4.64. The summed E-state index contributed by atoms with van der Waals surface area (Å²) in [6.07, 6.45) is 2.39. The number of rotatable bonds is 3. The molecule has 1 saturated heterocycles. The highest BCUT2D eigenvalue weighted by molar-refractivity contribution is 5.85. The molecule has 4 rings (SSSR count). The number of aliphatic hydroxyl groups is 1. The van der Waals surface area contributed by atoms with Crippen LogP contribution >= 0.6 is 12.4 Å². The van der Waals surface area contributed by atoms with Crippen molar-refractivity contribution in [2.75, 3.05) is 33.9 Å². The molecule has 0 radical (unpaired) electrons. The van der Waals surface area contributed by atoms with Gasteiger partial charge in [-0.1, -0.05) is 0 Å². The van der Waals surface area contributed by atoms with E-state index < -0.39 is 6.10 Å². The molecule has 1 aromatic rings. The zero-order valence-corrected chi connectivity index (χ0v) is 16.1. The van der Waals surface area contributed by atoms with Crippen LogP contribution in [0.3, 0.4) is 0 Å². The molecule has 26 heavy (non-hydrogen) atoms. The molecule has 1 spiro atoms. The number of nitrogens with one attached hydrogen (secondary N) is 1. The number of nitrogens with zero attached hydrogens (tertiary/aromatic N) is 1. The van der Waals surface area contributed by atoms with Crippen LogP contribution in [0.2, 0.25) is 0 Å². The van der Waals surface area contributed by atoms with Gasteiger partial charge in [0.1, 0.15) is 17.6 Å². The lowest BCUT2D eigenvalue weighted by molar-refractivity contribution is -0.136. The van der Waals surface area contributed by atoms with Gasteiger partial charge in [-0.05, 0) is 49.9 Å². The number of aliphatic hydroxyl groups excluding tert-OH is 1. The van der Waals surface area contributed by atoms with Gasteiger partial charge in [0.05, 0.1) is 20.8 Å². The number of fused-ring (bicyclic) bond motifs is 1. The molecule has 1 aliphatic carbocycles. The molecule has 2 unspecified atom stereocenters. The highest BCUT2D eigenvalue weighted by Gasteiger charge is 2.58. The van der Waals surface area contributed by atoms with E-state index in [4.69, 9.17) is 9.47 Å². The Morgan fingerprint density at radius 1 is 1.23 bits per heavy atom. The van der Waals surface area contributed by atoms with Crippen LogP contribution in [-0.4, -0.2) is 49.8 Å². The van der Waals surface area contributed by atoms with Crippen molar-refractivity contribution in [2.45, 2.75) is 31.9 Å². The summed E-state index contributed by atoms with van der Waals surface area (Å²) in [6, 6.07) is 3.65. The van der Waals surface area contributed by atoms with Gasteiger partial charge >= 0.3 is 0 Å². The third kappa shape index (κ3) is 3.04. The molecule has 1 saturated carbocycles. The van der Waals surface area contributed by atoms with E-state index in [-0.39, 0.29) is 29.6 Å². The summed E-state index contributed by atoms with van der Waals surface area (Å²) in [7, 11) is 3.21. The van der Waals surface area contributed by atoms with E-state index in [0.29, 0.717) is 24.6 Å². The second-order valence-electron chi connectivity index (χ2n) is 7.47. The minimum Gasteiger partial charge on any atom is -0.496 e. The van der Waals surface area contributed by atoms with E-state index in [1.807, 2.05) is 12.1 Å². The molecule has 1 amide bonds. The Morgan fingerprint density at radius 2 is 1.88 bits per heavy atom. The van der Waals surface area contributed by atoms with E-state index in [0.717, 1.165) is 43.5 Å². The summed E-state index contributed by atoms with van der Waals surface area (Å²) in [5, 5.41) is 14.0. The Morgan fingerprint density at radius 3 is 2.54 bits per heavy atom. The Labute approximate surface area is 160 Å². The first-order chi connectivity index (χ1) is 12.1. The third-order valence-electron chi connectivity index (χ3n) is 6.19. The number of hydrogen-bond acceptors (Lipinski definition) is 5. The van der Waals surface area contributed by atoms with Crippen molar-refractivity contribution in [3.63, 3.8) is 0 Å². The summed E-state index contributed by atoms with van der Waals surface area (Å²) in [5.74, 6) is 1.63. The maximum Gasteiger partial charge on any atom is 0.226 e. The van der Waals surface area contributed by atoms with Crippen molar-refractivity contribution in [1.29, 1.82) is 0 Å². The fourth-order valence-electron chi connectivity index (χ4n) is 4.64. The van der Waals surface area contributed by atoms with Crippen LogP contribution < -0.4 is 14.8 Å². The second kappa shape index (κ2) is 7.25. The minimum absolute atomic E-state index is 0. The van der Waals surface area contributed by atoms with Crippen molar-refractivity contribution in [2.24, 2.45) is 11.3 Å². The minimum atomic E-state index is -0.750. The van der Waals surface area contributed by atoms with Crippen LogP contribution in [0.15, 0.2) is 12.1 Å². The number of methoxy groups -OCH3 is 2. The molecule has 2 atom stereocenters. The number of β-amino-alcohol motifs (C(OH)–C–C–N with tert-alkyl or cyclic N) is 1. The lowest BCUT2D eigenvalue weighted by Crippen LogP contribution is -2.41. The van der Waals surface area contributed by atoms with Crippen molar-refractivity contribution in [1.82, 2.24) is 10.2 Å². The average molecular weight is 383 g/mol. The molecule has 7 heteroatoms. The Bertz CT molecular complexity index is 690. The largest absolute Gasteiger partial charge is 0.496 e.